The number of aromatic nitrogens is 2. The van der Waals surface area contributed by atoms with Crippen LogP contribution in [0.25, 0.3) is 16.9 Å². The molecule has 0 unspecified atom stereocenters. The third-order valence-corrected chi connectivity index (χ3v) is 3.64. The fraction of sp³-hybridized carbons (Fsp3) is 0.158. The zero-order chi connectivity index (χ0) is 17.1. The Labute approximate surface area is 139 Å². The first-order chi connectivity index (χ1) is 11.6. The molecular formula is C19H18FN3O. The molecule has 0 radical (unpaired) electrons. The van der Waals surface area contributed by atoms with Crippen molar-refractivity contribution in [1.82, 2.24) is 9.78 Å². The first-order valence-electron chi connectivity index (χ1n) is 7.77. The molecule has 1 heterocycles. The molecule has 0 bridgehead atoms. The topological polar surface area (TPSA) is 46.9 Å². The minimum atomic E-state index is -0.350. The maximum atomic E-state index is 14.1. The van der Waals surface area contributed by atoms with Crippen LogP contribution in [0.2, 0.25) is 0 Å². The number of carbonyl (C=O) groups is 1. The van der Waals surface area contributed by atoms with Gasteiger partial charge in [0.15, 0.2) is 0 Å². The predicted octanol–water partition coefficient (Wildman–Crippen LogP) is 4.27. The second-order valence-electron chi connectivity index (χ2n) is 5.79. The molecule has 1 aromatic heterocycles. The van der Waals surface area contributed by atoms with E-state index in [2.05, 4.69) is 10.4 Å². The molecule has 3 rings (SSSR count). The summed E-state index contributed by atoms with van der Waals surface area (Å²) < 4.78 is 15.7. The van der Waals surface area contributed by atoms with Gasteiger partial charge in [0.1, 0.15) is 11.6 Å². The number of nitrogens with zero attached hydrogens (tertiary/aromatic N) is 2. The third-order valence-electron chi connectivity index (χ3n) is 3.64. The molecule has 3 aromatic rings. The van der Waals surface area contributed by atoms with Crippen LogP contribution in [0.3, 0.4) is 0 Å². The van der Waals surface area contributed by atoms with Crippen molar-refractivity contribution < 1.29 is 9.18 Å². The van der Waals surface area contributed by atoms with Crippen molar-refractivity contribution in [3.8, 4) is 16.9 Å². The highest BCUT2D eigenvalue weighted by Gasteiger charge is 2.16. The lowest BCUT2D eigenvalue weighted by atomic mass is 10.1. The normalized spacial score (nSPS) is 10.8. The van der Waals surface area contributed by atoms with Crippen LogP contribution in [0.5, 0.6) is 0 Å². The van der Waals surface area contributed by atoms with Crippen molar-refractivity contribution in [1.29, 1.82) is 0 Å². The number of carbonyl (C=O) groups excluding carboxylic acids is 1. The number of amides is 1. The van der Waals surface area contributed by atoms with Crippen molar-refractivity contribution >= 4 is 11.7 Å². The van der Waals surface area contributed by atoms with Crippen molar-refractivity contribution in [3.63, 3.8) is 0 Å². The van der Waals surface area contributed by atoms with E-state index in [9.17, 15) is 9.18 Å². The number of rotatable bonds is 4. The van der Waals surface area contributed by atoms with E-state index in [1.165, 1.54) is 6.07 Å². The largest absolute Gasteiger partial charge is 0.310 e. The van der Waals surface area contributed by atoms with Crippen LogP contribution in [0.15, 0.2) is 60.7 Å². The van der Waals surface area contributed by atoms with Gasteiger partial charge in [-0.3, -0.25) is 4.79 Å². The van der Waals surface area contributed by atoms with Crippen molar-refractivity contribution in [2.75, 3.05) is 5.32 Å². The summed E-state index contributed by atoms with van der Waals surface area (Å²) >= 11 is 0. The molecule has 122 valence electrons. The van der Waals surface area contributed by atoms with Crippen molar-refractivity contribution in [2.24, 2.45) is 5.92 Å². The molecule has 0 aliphatic carbocycles. The Morgan fingerprint density at radius 2 is 1.75 bits per heavy atom. The van der Waals surface area contributed by atoms with Gasteiger partial charge in [-0.15, -0.1) is 0 Å². The fourth-order valence-electron chi connectivity index (χ4n) is 2.31. The maximum Gasteiger partial charge on any atom is 0.228 e. The van der Waals surface area contributed by atoms with Gasteiger partial charge in [-0.05, 0) is 24.3 Å². The second-order valence-corrected chi connectivity index (χ2v) is 5.79. The van der Waals surface area contributed by atoms with Crippen LogP contribution >= 0.6 is 0 Å². The first kappa shape index (κ1) is 15.9. The SMILES string of the molecule is CC(C)C(=O)Nc1cc(-c2ccccc2F)nn1-c1ccccc1. The summed E-state index contributed by atoms with van der Waals surface area (Å²) in [5.41, 5.74) is 1.65. The van der Waals surface area contributed by atoms with E-state index in [-0.39, 0.29) is 17.6 Å². The van der Waals surface area contributed by atoms with Gasteiger partial charge >= 0.3 is 0 Å². The van der Waals surface area contributed by atoms with Crippen molar-refractivity contribution in [3.05, 3.63) is 66.5 Å². The minimum Gasteiger partial charge on any atom is -0.310 e. The van der Waals surface area contributed by atoms with Gasteiger partial charge in [-0.1, -0.05) is 44.2 Å². The first-order valence-corrected chi connectivity index (χ1v) is 7.77. The lowest BCUT2D eigenvalue weighted by molar-refractivity contribution is -0.118. The van der Waals surface area contributed by atoms with Crippen LogP contribution in [0.4, 0.5) is 10.2 Å². The second kappa shape index (κ2) is 6.66. The fourth-order valence-corrected chi connectivity index (χ4v) is 2.31. The summed E-state index contributed by atoms with van der Waals surface area (Å²) in [5.74, 6) is -0.122. The molecule has 24 heavy (non-hydrogen) atoms. The summed E-state index contributed by atoms with van der Waals surface area (Å²) in [6, 6.07) is 17.6. The van der Waals surface area contributed by atoms with E-state index in [0.717, 1.165) is 5.69 Å². The third kappa shape index (κ3) is 3.20. The zero-order valence-electron chi connectivity index (χ0n) is 13.5. The van der Waals surface area contributed by atoms with Gasteiger partial charge in [0, 0.05) is 17.5 Å². The monoisotopic (exact) mass is 323 g/mol. The van der Waals surface area contributed by atoms with Gasteiger partial charge in [0.05, 0.1) is 11.4 Å². The summed E-state index contributed by atoms with van der Waals surface area (Å²) in [4.78, 5) is 12.1. The number of para-hydroxylation sites is 1. The molecule has 0 aliphatic rings. The minimum absolute atomic E-state index is 0.118. The molecule has 0 saturated heterocycles. The van der Waals surface area contributed by atoms with E-state index in [1.807, 2.05) is 44.2 Å². The molecular weight excluding hydrogens is 305 g/mol. The number of benzene rings is 2. The molecule has 1 amide bonds. The Kier molecular flexibility index (Phi) is 4.42. The van der Waals surface area contributed by atoms with E-state index in [4.69, 9.17) is 0 Å². The molecule has 5 heteroatoms. The maximum absolute atomic E-state index is 14.1. The van der Waals surface area contributed by atoms with Crippen LogP contribution in [-0.4, -0.2) is 15.7 Å². The molecule has 0 atom stereocenters. The zero-order valence-corrected chi connectivity index (χ0v) is 13.5. The quantitative estimate of drug-likeness (QED) is 0.779. The molecule has 2 aromatic carbocycles. The summed E-state index contributed by atoms with van der Waals surface area (Å²) in [7, 11) is 0. The smallest absolute Gasteiger partial charge is 0.228 e. The van der Waals surface area contributed by atoms with Crippen LogP contribution in [0.1, 0.15) is 13.8 Å². The molecule has 0 aliphatic heterocycles. The van der Waals surface area contributed by atoms with Crippen LogP contribution in [-0.2, 0) is 4.79 Å². The molecule has 1 N–H and O–H groups in total. The number of hydrogen-bond donors (Lipinski definition) is 1. The van der Waals surface area contributed by atoms with Gasteiger partial charge < -0.3 is 5.32 Å². The standard InChI is InChI=1S/C19H18FN3O/c1-13(2)19(24)21-18-12-17(15-10-6-7-11-16(15)20)22-23(18)14-8-4-3-5-9-14/h3-13H,1-2H3,(H,21,24). The highest BCUT2D eigenvalue weighted by molar-refractivity contribution is 5.92. The Morgan fingerprint density at radius 1 is 1.08 bits per heavy atom. The Morgan fingerprint density at radius 3 is 2.42 bits per heavy atom. The Bertz CT molecular complexity index is 856. The summed E-state index contributed by atoms with van der Waals surface area (Å²) in [6.07, 6.45) is 0. The number of nitrogens with one attached hydrogen (secondary N) is 1. The van der Waals surface area contributed by atoms with Crippen LogP contribution < -0.4 is 5.32 Å². The average Bonchev–Trinajstić information content (AvgIpc) is 2.99. The van der Waals surface area contributed by atoms with Gasteiger partial charge in [0.25, 0.3) is 0 Å². The molecule has 0 fully saturated rings. The predicted molar refractivity (Wildman–Crippen MR) is 92.4 cm³/mol. The summed E-state index contributed by atoms with van der Waals surface area (Å²) in [6.45, 7) is 3.63. The Hall–Kier alpha value is -2.95. The van der Waals surface area contributed by atoms with Gasteiger partial charge in [-0.2, -0.15) is 5.10 Å². The number of halogens is 1. The molecule has 4 nitrogen and oxygen atoms in total. The summed E-state index contributed by atoms with van der Waals surface area (Å²) in [5, 5.41) is 7.34. The van der Waals surface area contributed by atoms with E-state index >= 15 is 0 Å². The van der Waals surface area contributed by atoms with Crippen molar-refractivity contribution in [2.45, 2.75) is 13.8 Å². The number of hydrogen-bond acceptors (Lipinski definition) is 2. The molecule has 0 saturated carbocycles. The van der Waals surface area contributed by atoms with E-state index in [1.54, 1.807) is 28.9 Å². The van der Waals surface area contributed by atoms with E-state index in [0.29, 0.717) is 17.1 Å². The average molecular weight is 323 g/mol. The van der Waals surface area contributed by atoms with Gasteiger partial charge in [-0.25, -0.2) is 9.07 Å². The Balaban J connectivity index is 2.09. The van der Waals surface area contributed by atoms with E-state index < -0.39 is 0 Å². The lowest BCUT2D eigenvalue weighted by Gasteiger charge is -2.10. The highest BCUT2D eigenvalue weighted by atomic mass is 19.1. The van der Waals surface area contributed by atoms with Crippen LogP contribution in [0, 0.1) is 11.7 Å². The number of anilines is 1. The molecule has 0 spiro atoms. The lowest BCUT2D eigenvalue weighted by Crippen LogP contribution is -2.19. The van der Waals surface area contributed by atoms with Gasteiger partial charge in [0.2, 0.25) is 5.91 Å². The highest BCUT2D eigenvalue weighted by Crippen LogP contribution is 2.26.